The van der Waals surface area contributed by atoms with E-state index < -0.39 is 0 Å². The minimum absolute atomic E-state index is 0.271. The molecular formula is C16H10N2OS2. The van der Waals surface area contributed by atoms with E-state index in [1.807, 2.05) is 36.4 Å². The number of aromatic nitrogens is 2. The van der Waals surface area contributed by atoms with Crippen molar-refractivity contribution in [3.8, 4) is 5.75 Å². The monoisotopic (exact) mass is 310 g/mol. The van der Waals surface area contributed by atoms with Crippen LogP contribution in [0.2, 0.25) is 0 Å². The summed E-state index contributed by atoms with van der Waals surface area (Å²) in [4.78, 5) is 9.08. The molecule has 5 heteroatoms. The summed E-state index contributed by atoms with van der Waals surface area (Å²) in [6.45, 7) is 0. The van der Waals surface area contributed by atoms with E-state index in [1.54, 1.807) is 34.8 Å². The summed E-state index contributed by atoms with van der Waals surface area (Å²) in [7, 11) is 0. The molecule has 0 bridgehead atoms. The van der Waals surface area contributed by atoms with E-state index in [0.717, 1.165) is 25.7 Å². The van der Waals surface area contributed by atoms with Crippen molar-refractivity contribution in [3.63, 3.8) is 0 Å². The highest BCUT2D eigenvalue weighted by molar-refractivity contribution is 7.20. The summed E-state index contributed by atoms with van der Waals surface area (Å²) < 4.78 is 2.17. The number of rotatable bonds is 2. The van der Waals surface area contributed by atoms with Gasteiger partial charge < -0.3 is 5.11 Å². The van der Waals surface area contributed by atoms with E-state index in [0.29, 0.717) is 0 Å². The Bertz CT molecular complexity index is 936. The van der Waals surface area contributed by atoms with Crippen LogP contribution in [0.1, 0.15) is 10.0 Å². The molecule has 0 fully saturated rings. The van der Waals surface area contributed by atoms with Crippen molar-refractivity contribution in [2.45, 2.75) is 0 Å². The van der Waals surface area contributed by atoms with Gasteiger partial charge in [-0.1, -0.05) is 12.1 Å². The summed E-state index contributed by atoms with van der Waals surface area (Å²) in [6, 6.07) is 13.3. The van der Waals surface area contributed by atoms with Crippen LogP contribution in [0.3, 0.4) is 0 Å². The molecule has 2 aromatic heterocycles. The Kier molecular flexibility index (Phi) is 2.94. The average molecular weight is 310 g/mol. The Morgan fingerprint density at radius 1 is 0.810 bits per heavy atom. The third-order valence-corrected chi connectivity index (χ3v) is 5.05. The van der Waals surface area contributed by atoms with E-state index >= 15 is 0 Å². The lowest BCUT2D eigenvalue weighted by Crippen LogP contribution is -1.70. The number of benzene rings is 2. The molecule has 3 nitrogen and oxygen atoms in total. The molecule has 0 atom stereocenters. The first-order valence-corrected chi connectivity index (χ1v) is 8.04. The van der Waals surface area contributed by atoms with E-state index in [-0.39, 0.29) is 5.75 Å². The normalized spacial score (nSPS) is 11.8. The highest BCUT2D eigenvalue weighted by atomic mass is 32.1. The van der Waals surface area contributed by atoms with E-state index in [9.17, 15) is 5.11 Å². The molecule has 0 saturated carbocycles. The number of hydrogen-bond acceptors (Lipinski definition) is 5. The molecule has 4 aromatic rings. The van der Waals surface area contributed by atoms with Gasteiger partial charge in [-0.15, -0.1) is 22.7 Å². The molecule has 0 spiro atoms. The molecule has 0 aliphatic carbocycles. The van der Waals surface area contributed by atoms with Gasteiger partial charge in [0, 0.05) is 0 Å². The second-order valence-electron chi connectivity index (χ2n) is 4.56. The molecule has 1 N–H and O–H groups in total. The van der Waals surface area contributed by atoms with Crippen molar-refractivity contribution in [2.75, 3.05) is 0 Å². The van der Waals surface area contributed by atoms with Crippen molar-refractivity contribution >= 4 is 55.3 Å². The SMILES string of the molecule is Oc1ccc2nc(/C=C/c3nc4ccccc4s3)sc2c1. The van der Waals surface area contributed by atoms with Crippen LogP contribution in [-0.2, 0) is 0 Å². The lowest BCUT2D eigenvalue weighted by molar-refractivity contribution is 0.476. The Labute approximate surface area is 128 Å². The summed E-state index contributed by atoms with van der Waals surface area (Å²) in [5.74, 6) is 0.271. The van der Waals surface area contributed by atoms with Crippen LogP contribution in [-0.4, -0.2) is 15.1 Å². The fraction of sp³-hybridized carbons (Fsp3) is 0. The van der Waals surface area contributed by atoms with Gasteiger partial charge in [0.05, 0.1) is 20.4 Å². The molecule has 21 heavy (non-hydrogen) atoms. The zero-order chi connectivity index (χ0) is 14.2. The number of thiazole rings is 2. The van der Waals surface area contributed by atoms with Crippen molar-refractivity contribution in [1.82, 2.24) is 9.97 Å². The van der Waals surface area contributed by atoms with Crippen molar-refractivity contribution < 1.29 is 5.11 Å². The highest BCUT2D eigenvalue weighted by Gasteiger charge is 2.03. The highest BCUT2D eigenvalue weighted by Crippen LogP contribution is 2.28. The van der Waals surface area contributed by atoms with Gasteiger partial charge in [-0.05, 0) is 42.5 Å². The van der Waals surface area contributed by atoms with Crippen LogP contribution >= 0.6 is 22.7 Å². The minimum atomic E-state index is 0.271. The van der Waals surface area contributed by atoms with Crippen LogP contribution in [0, 0.1) is 0 Å². The maximum absolute atomic E-state index is 9.48. The lowest BCUT2D eigenvalue weighted by Gasteiger charge is -1.87. The van der Waals surface area contributed by atoms with Gasteiger partial charge in [0.15, 0.2) is 0 Å². The van der Waals surface area contributed by atoms with Gasteiger partial charge in [-0.2, -0.15) is 0 Å². The molecule has 102 valence electrons. The molecule has 2 aromatic carbocycles. The Hall–Kier alpha value is -2.24. The van der Waals surface area contributed by atoms with Gasteiger partial charge in [-0.3, -0.25) is 0 Å². The van der Waals surface area contributed by atoms with Gasteiger partial charge in [0.2, 0.25) is 0 Å². The fourth-order valence-corrected chi connectivity index (χ4v) is 3.88. The van der Waals surface area contributed by atoms with Crippen LogP contribution < -0.4 is 0 Å². The van der Waals surface area contributed by atoms with Crippen LogP contribution in [0.25, 0.3) is 32.6 Å². The third-order valence-electron chi connectivity index (χ3n) is 3.07. The number of nitrogens with zero attached hydrogens (tertiary/aromatic N) is 2. The number of phenols is 1. The standard InChI is InChI=1S/C16H10N2OS2/c19-10-5-6-12-14(9-10)21-16(18-12)8-7-15-17-11-3-1-2-4-13(11)20-15/h1-9,19H/b8-7+. The van der Waals surface area contributed by atoms with Gasteiger partial charge in [0.1, 0.15) is 15.8 Å². The zero-order valence-electron chi connectivity index (χ0n) is 10.9. The van der Waals surface area contributed by atoms with E-state index in [4.69, 9.17) is 0 Å². The van der Waals surface area contributed by atoms with Crippen molar-refractivity contribution in [1.29, 1.82) is 0 Å². The first kappa shape index (κ1) is 12.5. The van der Waals surface area contributed by atoms with Crippen molar-refractivity contribution in [2.24, 2.45) is 0 Å². The largest absolute Gasteiger partial charge is 0.508 e. The lowest BCUT2D eigenvalue weighted by atomic mass is 10.3. The number of fused-ring (bicyclic) bond motifs is 2. The molecule has 4 rings (SSSR count). The van der Waals surface area contributed by atoms with Crippen LogP contribution in [0.4, 0.5) is 0 Å². The maximum atomic E-state index is 9.48. The summed E-state index contributed by atoms with van der Waals surface area (Å²) in [5, 5.41) is 11.4. The van der Waals surface area contributed by atoms with E-state index in [1.165, 1.54) is 4.70 Å². The van der Waals surface area contributed by atoms with Gasteiger partial charge >= 0.3 is 0 Å². The minimum Gasteiger partial charge on any atom is -0.508 e. The third kappa shape index (κ3) is 2.41. The summed E-state index contributed by atoms with van der Waals surface area (Å²) in [5.41, 5.74) is 1.93. The quantitative estimate of drug-likeness (QED) is 0.579. The van der Waals surface area contributed by atoms with Gasteiger partial charge in [0.25, 0.3) is 0 Å². The Balaban J connectivity index is 1.69. The topological polar surface area (TPSA) is 46.0 Å². The first-order valence-electron chi connectivity index (χ1n) is 6.41. The molecule has 0 amide bonds. The van der Waals surface area contributed by atoms with Crippen LogP contribution in [0.15, 0.2) is 42.5 Å². The second-order valence-corrected chi connectivity index (χ2v) is 6.68. The number of hydrogen-bond donors (Lipinski definition) is 1. The predicted octanol–water partition coefficient (Wildman–Crippen LogP) is 4.78. The molecule has 0 radical (unpaired) electrons. The summed E-state index contributed by atoms with van der Waals surface area (Å²) in [6.07, 6.45) is 3.96. The maximum Gasteiger partial charge on any atom is 0.117 e. The zero-order valence-corrected chi connectivity index (χ0v) is 12.5. The molecule has 0 unspecified atom stereocenters. The molecule has 0 aliphatic rings. The van der Waals surface area contributed by atoms with E-state index in [2.05, 4.69) is 16.0 Å². The number of aromatic hydroxyl groups is 1. The molecular weight excluding hydrogens is 300 g/mol. The summed E-state index contributed by atoms with van der Waals surface area (Å²) >= 11 is 3.22. The van der Waals surface area contributed by atoms with Crippen LogP contribution in [0.5, 0.6) is 5.75 Å². The fourth-order valence-electron chi connectivity index (χ4n) is 2.11. The number of para-hydroxylation sites is 1. The van der Waals surface area contributed by atoms with Crippen molar-refractivity contribution in [3.05, 3.63) is 52.5 Å². The van der Waals surface area contributed by atoms with Gasteiger partial charge in [-0.25, -0.2) is 9.97 Å². The number of phenolic OH excluding ortho intramolecular Hbond substituents is 1. The second kappa shape index (κ2) is 4.95. The molecule has 0 saturated heterocycles. The Morgan fingerprint density at radius 2 is 1.48 bits per heavy atom. The molecule has 0 aliphatic heterocycles. The molecule has 2 heterocycles. The average Bonchev–Trinajstić information content (AvgIpc) is 3.07. The first-order chi connectivity index (χ1) is 10.3. The predicted molar refractivity (Wildman–Crippen MR) is 89.8 cm³/mol. The smallest absolute Gasteiger partial charge is 0.117 e. The Morgan fingerprint density at radius 3 is 2.24 bits per heavy atom.